The maximum atomic E-state index is 8.79. The van der Waals surface area contributed by atoms with Crippen LogP contribution in [0.15, 0.2) is 16.5 Å². The molecule has 84 valence electrons. The van der Waals surface area contributed by atoms with E-state index in [1.54, 1.807) is 6.07 Å². The molecule has 1 unspecified atom stereocenters. The molecule has 0 aliphatic carbocycles. The monoisotopic (exact) mass is 212 g/mol. The Balaban J connectivity index is 1.68. The van der Waals surface area contributed by atoms with Crippen molar-refractivity contribution in [2.24, 2.45) is 0 Å². The summed E-state index contributed by atoms with van der Waals surface area (Å²) in [4.78, 5) is 0. The molecule has 15 heavy (non-hydrogen) atoms. The van der Waals surface area contributed by atoms with Crippen molar-refractivity contribution in [1.29, 1.82) is 0 Å². The second-order valence-electron chi connectivity index (χ2n) is 3.68. The fourth-order valence-corrected chi connectivity index (χ4v) is 1.65. The van der Waals surface area contributed by atoms with Crippen molar-refractivity contribution >= 4 is 0 Å². The first-order valence-corrected chi connectivity index (χ1v) is 5.26. The number of aliphatic hydroxyl groups excluding tert-OH is 1. The van der Waals surface area contributed by atoms with E-state index in [4.69, 9.17) is 19.0 Å². The van der Waals surface area contributed by atoms with Crippen molar-refractivity contribution in [2.45, 2.75) is 32.2 Å². The van der Waals surface area contributed by atoms with Crippen LogP contribution in [0.3, 0.4) is 0 Å². The van der Waals surface area contributed by atoms with Gasteiger partial charge >= 0.3 is 0 Å². The van der Waals surface area contributed by atoms with Crippen molar-refractivity contribution < 1.29 is 19.0 Å². The van der Waals surface area contributed by atoms with Crippen LogP contribution in [0.25, 0.3) is 0 Å². The van der Waals surface area contributed by atoms with Crippen LogP contribution < -0.4 is 0 Å². The van der Waals surface area contributed by atoms with Gasteiger partial charge in [0.1, 0.15) is 24.7 Å². The molecule has 4 heteroatoms. The molecule has 0 bridgehead atoms. The number of aliphatic hydroxyl groups is 1. The van der Waals surface area contributed by atoms with Gasteiger partial charge in [0.25, 0.3) is 0 Å². The number of hydrogen-bond acceptors (Lipinski definition) is 4. The van der Waals surface area contributed by atoms with E-state index in [2.05, 4.69) is 0 Å². The lowest BCUT2D eigenvalue weighted by molar-refractivity contribution is 0.00532. The minimum Gasteiger partial charge on any atom is -0.461 e. The van der Waals surface area contributed by atoms with Crippen LogP contribution in [0.1, 0.15) is 24.4 Å². The Hall–Kier alpha value is -0.840. The summed E-state index contributed by atoms with van der Waals surface area (Å²) in [6.45, 7) is 1.85. The Morgan fingerprint density at radius 1 is 1.40 bits per heavy atom. The van der Waals surface area contributed by atoms with E-state index in [0.717, 1.165) is 25.2 Å². The SMILES string of the molecule is OCc1ccc(COCC2CCCO2)o1. The first-order chi connectivity index (χ1) is 7.38. The third-order valence-electron chi connectivity index (χ3n) is 2.45. The Bertz CT molecular complexity index is 289. The minimum absolute atomic E-state index is 0.0638. The van der Waals surface area contributed by atoms with Gasteiger partial charge in [-0.15, -0.1) is 0 Å². The first kappa shape index (κ1) is 10.7. The largest absolute Gasteiger partial charge is 0.461 e. The third-order valence-corrected chi connectivity index (χ3v) is 2.45. The average molecular weight is 212 g/mol. The van der Waals surface area contributed by atoms with E-state index >= 15 is 0 Å². The molecule has 4 nitrogen and oxygen atoms in total. The third kappa shape index (κ3) is 3.06. The van der Waals surface area contributed by atoms with Gasteiger partial charge in [-0.3, -0.25) is 0 Å². The number of furan rings is 1. The summed E-state index contributed by atoms with van der Waals surface area (Å²) in [6.07, 6.45) is 2.46. The van der Waals surface area contributed by atoms with E-state index in [1.807, 2.05) is 6.07 Å². The lowest BCUT2D eigenvalue weighted by Crippen LogP contribution is -2.13. The summed E-state index contributed by atoms with van der Waals surface area (Å²) < 4.78 is 16.2. The van der Waals surface area contributed by atoms with Crippen molar-refractivity contribution in [3.05, 3.63) is 23.7 Å². The molecule has 2 heterocycles. The fourth-order valence-electron chi connectivity index (χ4n) is 1.65. The molecule has 1 N–H and O–H groups in total. The Kier molecular flexibility index (Phi) is 3.77. The number of hydrogen-bond donors (Lipinski definition) is 1. The molecule has 1 aliphatic heterocycles. The van der Waals surface area contributed by atoms with Crippen molar-refractivity contribution in [1.82, 2.24) is 0 Å². The van der Waals surface area contributed by atoms with Gasteiger partial charge in [-0.25, -0.2) is 0 Å². The zero-order chi connectivity index (χ0) is 10.5. The summed E-state index contributed by atoms with van der Waals surface area (Å²) in [5.74, 6) is 1.32. The number of ether oxygens (including phenoxy) is 2. The Morgan fingerprint density at radius 2 is 2.27 bits per heavy atom. The van der Waals surface area contributed by atoms with Gasteiger partial charge in [-0.2, -0.15) is 0 Å². The second kappa shape index (κ2) is 5.30. The Labute approximate surface area is 88.8 Å². The van der Waals surface area contributed by atoms with Crippen molar-refractivity contribution in [2.75, 3.05) is 13.2 Å². The molecule has 0 amide bonds. The molecule has 1 aromatic heterocycles. The quantitative estimate of drug-likeness (QED) is 0.803. The van der Waals surface area contributed by atoms with Crippen LogP contribution >= 0.6 is 0 Å². The molecule has 0 spiro atoms. The molecular weight excluding hydrogens is 196 g/mol. The van der Waals surface area contributed by atoms with Gasteiger partial charge in [-0.05, 0) is 25.0 Å². The molecule has 2 rings (SSSR count). The zero-order valence-corrected chi connectivity index (χ0v) is 8.65. The predicted molar refractivity (Wildman–Crippen MR) is 53.3 cm³/mol. The summed E-state index contributed by atoms with van der Waals surface area (Å²) >= 11 is 0. The van der Waals surface area contributed by atoms with Gasteiger partial charge in [0.15, 0.2) is 0 Å². The molecule has 0 saturated carbocycles. The molecule has 1 saturated heterocycles. The van der Waals surface area contributed by atoms with Crippen LogP contribution in [0.4, 0.5) is 0 Å². The smallest absolute Gasteiger partial charge is 0.129 e. The Morgan fingerprint density at radius 3 is 2.93 bits per heavy atom. The lowest BCUT2D eigenvalue weighted by atomic mass is 10.2. The van der Waals surface area contributed by atoms with E-state index < -0.39 is 0 Å². The van der Waals surface area contributed by atoms with Crippen LogP contribution in [-0.2, 0) is 22.7 Å². The maximum Gasteiger partial charge on any atom is 0.129 e. The zero-order valence-electron chi connectivity index (χ0n) is 8.65. The van der Waals surface area contributed by atoms with E-state index in [9.17, 15) is 0 Å². The molecule has 1 aliphatic rings. The van der Waals surface area contributed by atoms with E-state index in [1.165, 1.54) is 0 Å². The standard InChI is InChI=1S/C11H16O4/c12-6-9-3-4-11(15-9)8-13-7-10-2-1-5-14-10/h3-4,10,12H,1-2,5-8H2. The van der Waals surface area contributed by atoms with E-state index in [-0.39, 0.29) is 12.7 Å². The highest BCUT2D eigenvalue weighted by Gasteiger charge is 2.15. The van der Waals surface area contributed by atoms with Gasteiger partial charge in [0.2, 0.25) is 0 Å². The summed E-state index contributed by atoms with van der Waals surface area (Å²) in [5.41, 5.74) is 0. The fraction of sp³-hybridized carbons (Fsp3) is 0.636. The van der Waals surface area contributed by atoms with Gasteiger partial charge < -0.3 is 19.0 Å². The van der Waals surface area contributed by atoms with Crippen LogP contribution in [-0.4, -0.2) is 24.4 Å². The van der Waals surface area contributed by atoms with Gasteiger partial charge in [0, 0.05) is 6.61 Å². The van der Waals surface area contributed by atoms with E-state index in [0.29, 0.717) is 19.0 Å². The predicted octanol–water partition coefficient (Wildman–Crippen LogP) is 1.47. The molecule has 1 aromatic rings. The summed E-state index contributed by atoms with van der Waals surface area (Å²) in [7, 11) is 0. The normalized spacial score (nSPS) is 21.0. The molecule has 1 atom stereocenters. The minimum atomic E-state index is -0.0638. The molecular formula is C11H16O4. The second-order valence-corrected chi connectivity index (χ2v) is 3.68. The van der Waals surface area contributed by atoms with Gasteiger partial charge in [-0.1, -0.05) is 0 Å². The molecule has 0 aromatic carbocycles. The van der Waals surface area contributed by atoms with Gasteiger partial charge in [0.05, 0.1) is 12.7 Å². The summed E-state index contributed by atoms with van der Waals surface area (Å²) in [5, 5.41) is 8.79. The van der Waals surface area contributed by atoms with Crippen LogP contribution in [0.2, 0.25) is 0 Å². The van der Waals surface area contributed by atoms with Crippen LogP contribution in [0.5, 0.6) is 0 Å². The highest BCUT2D eigenvalue weighted by molar-refractivity contribution is 5.05. The van der Waals surface area contributed by atoms with Crippen molar-refractivity contribution in [3.63, 3.8) is 0 Å². The molecule has 1 fully saturated rings. The average Bonchev–Trinajstić information content (AvgIpc) is 2.88. The lowest BCUT2D eigenvalue weighted by Gasteiger charge is -2.08. The van der Waals surface area contributed by atoms with Crippen LogP contribution in [0, 0.1) is 0 Å². The van der Waals surface area contributed by atoms with Crippen molar-refractivity contribution in [3.8, 4) is 0 Å². The highest BCUT2D eigenvalue weighted by Crippen LogP contribution is 2.14. The topological polar surface area (TPSA) is 51.8 Å². The first-order valence-electron chi connectivity index (χ1n) is 5.26. The number of rotatable bonds is 5. The highest BCUT2D eigenvalue weighted by atomic mass is 16.5. The maximum absolute atomic E-state index is 8.79. The molecule has 0 radical (unpaired) electrons. The summed E-state index contributed by atoms with van der Waals surface area (Å²) in [6, 6.07) is 3.58.